The molecule has 0 aromatic heterocycles. The number of imide groups is 1. The number of anilines is 3. The normalized spacial score (nSPS) is 22.5. The highest BCUT2D eigenvalue weighted by Crippen LogP contribution is 2.39. The molecule has 2 aliphatic heterocycles. The van der Waals surface area contributed by atoms with E-state index < -0.39 is 0 Å². The summed E-state index contributed by atoms with van der Waals surface area (Å²) in [4.78, 5) is 43.1. The molecule has 0 unspecified atom stereocenters. The first-order valence-corrected chi connectivity index (χ1v) is 11.8. The summed E-state index contributed by atoms with van der Waals surface area (Å²) in [6.07, 6.45) is 8.51. The standard InChI is InChI=1S/C27H29N3O3/c1-18-9-11-19(12-10-18)28-25(31)23-17-20(13-14-24(23)29-15-5-2-6-16-29)30-26(32)21-7-3-4-8-22(21)27(30)33/h3-4,9-14,17,21-22H,2,5-8,15-16H2,1H3,(H,28,31)/t21-,22-/m1/s1. The minimum atomic E-state index is -0.297. The van der Waals surface area contributed by atoms with Gasteiger partial charge in [-0.25, -0.2) is 0 Å². The highest BCUT2D eigenvalue weighted by Gasteiger charge is 2.48. The molecule has 1 aliphatic carbocycles. The van der Waals surface area contributed by atoms with E-state index in [0.29, 0.717) is 29.8 Å². The summed E-state index contributed by atoms with van der Waals surface area (Å²) >= 11 is 0. The predicted molar refractivity (Wildman–Crippen MR) is 129 cm³/mol. The zero-order chi connectivity index (χ0) is 22.9. The molecule has 2 heterocycles. The van der Waals surface area contributed by atoms with Crippen molar-refractivity contribution in [2.24, 2.45) is 11.8 Å². The van der Waals surface area contributed by atoms with Crippen LogP contribution in [0, 0.1) is 18.8 Å². The third kappa shape index (κ3) is 4.06. The quantitative estimate of drug-likeness (QED) is 0.550. The van der Waals surface area contributed by atoms with Gasteiger partial charge in [0.2, 0.25) is 11.8 Å². The number of allylic oxidation sites excluding steroid dienone is 2. The van der Waals surface area contributed by atoms with E-state index in [0.717, 1.165) is 37.2 Å². The van der Waals surface area contributed by atoms with Crippen molar-refractivity contribution in [3.05, 3.63) is 65.7 Å². The van der Waals surface area contributed by atoms with Crippen molar-refractivity contribution >= 4 is 34.8 Å². The van der Waals surface area contributed by atoms with Gasteiger partial charge in [-0.05, 0) is 69.4 Å². The Bertz CT molecular complexity index is 1090. The van der Waals surface area contributed by atoms with Gasteiger partial charge in [0.15, 0.2) is 0 Å². The first kappa shape index (κ1) is 21.4. The lowest BCUT2D eigenvalue weighted by Gasteiger charge is -2.31. The van der Waals surface area contributed by atoms with Crippen LogP contribution in [0.25, 0.3) is 0 Å². The van der Waals surface area contributed by atoms with Crippen molar-refractivity contribution in [3.8, 4) is 0 Å². The lowest BCUT2D eigenvalue weighted by molar-refractivity contribution is -0.122. The van der Waals surface area contributed by atoms with E-state index in [-0.39, 0.29) is 29.6 Å². The van der Waals surface area contributed by atoms with Crippen LogP contribution in [0.15, 0.2) is 54.6 Å². The maximum atomic E-state index is 13.4. The van der Waals surface area contributed by atoms with Gasteiger partial charge in [-0.15, -0.1) is 0 Å². The van der Waals surface area contributed by atoms with Crippen LogP contribution >= 0.6 is 0 Å². The molecule has 1 N–H and O–H groups in total. The highest BCUT2D eigenvalue weighted by molar-refractivity contribution is 6.23. The molecular formula is C27H29N3O3. The minimum Gasteiger partial charge on any atom is -0.371 e. The van der Waals surface area contributed by atoms with Crippen LogP contribution in [0.2, 0.25) is 0 Å². The lowest BCUT2D eigenvalue weighted by atomic mass is 9.85. The van der Waals surface area contributed by atoms with Gasteiger partial charge in [0.05, 0.1) is 23.1 Å². The van der Waals surface area contributed by atoms with Crippen LogP contribution in [0.1, 0.15) is 48.0 Å². The number of benzene rings is 2. The summed E-state index contributed by atoms with van der Waals surface area (Å²) in [5.41, 5.74) is 3.65. The van der Waals surface area contributed by atoms with E-state index >= 15 is 0 Å². The van der Waals surface area contributed by atoms with Gasteiger partial charge in [0, 0.05) is 24.5 Å². The summed E-state index contributed by atoms with van der Waals surface area (Å²) in [5.74, 6) is -1.16. The van der Waals surface area contributed by atoms with E-state index in [4.69, 9.17) is 0 Å². The van der Waals surface area contributed by atoms with E-state index in [1.54, 1.807) is 6.07 Å². The van der Waals surface area contributed by atoms with E-state index in [1.807, 2.05) is 55.5 Å². The van der Waals surface area contributed by atoms with Crippen molar-refractivity contribution in [3.63, 3.8) is 0 Å². The molecule has 170 valence electrons. The van der Waals surface area contributed by atoms with Gasteiger partial charge in [-0.1, -0.05) is 29.8 Å². The molecule has 2 saturated heterocycles. The van der Waals surface area contributed by atoms with Gasteiger partial charge >= 0.3 is 0 Å². The van der Waals surface area contributed by atoms with Crippen molar-refractivity contribution in [2.75, 3.05) is 28.2 Å². The van der Waals surface area contributed by atoms with Gasteiger partial charge < -0.3 is 10.2 Å². The molecule has 5 rings (SSSR count). The Morgan fingerprint density at radius 1 is 0.879 bits per heavy atom. The maximum absolute atomic E-state index is 13.4. The average molecular weight is 444 g/mol. The number of nitrogens with one attached hydrogen (secondary N) is 1. The number of hydrogen-bond acceptors (Lipinski definition) is 4. The molecular weight excluding hydrogens is 414 g/mol. The first-order valence-electron chi connectivity index (χ1n) is 11.8. The Kier molecular flexibility index (Phi) is 5.75. The smallest absolute Gasteiger partial charge is 0.257 e. The molecule has 0 spiro atoms. The molecule has 3 amide bonds. The third-order valence-corrected chi connectivity index (χ3v) is 7.00. The number of hydrogen-bond donors (Lipinski definition) is 1. The molecule has 33 heavy (non-hydrogen) atoms. The third-order valence-electron chi connectivity index (χ3n) is 7.00. The summed E-state index contributed by atoms with van der Waals surface area (Å²) < 4.78 is 0. The molecule has 3 aliphatic rings. The predicted octanol–water partition coefficient (Wildman–Crippen LogP) is 4.69. The number of fused-ring (bicyclic) bond motifs is 1. The summed E-state index contributed by atoms with van der Waals surface area (Å²) in [6.45, 7) is 3.78. The SMILES string of the molecule is Cc1ccc(NC(=O)c2cc(N3C(=O)[C@@H]4CC=CC[C@H]4C3=O)ccc2N2CCCCC2)cc1. The fourth-order valence-electron chi connectivity index (χ4n) is 5.15. The molecule has 0 saturated carbocycles. The molecule has 6 heteroatoms. The Morgan fingerprint density at radius 3 is 2.15 bits per heavy atom. The Hall–Kier alpha value is -3.41. The zero-order valence-corrected chi connectivity index (χ0v) is 18.9. The molecule has 2 aromatic carbocycles. The van der Waals surface area contributed by atoms with Crippen molar-refractivity contribution in [1.82, 2.24) is 0 Å². The number of rotatable bonds is 4. The number of carbonyl (C=O) groups is 3. The van der Waals surface area contributed by atoms with Gasteiger partial charge in [0.25, 0.3) is 5.91 Å². The molecule has 2 aromatic rings. The maximum Gasteiger partial charge on any atom is 0.257 e. The molecule has 2 fully saturated rings. The molecule has 2 atom stereocenters. The molecule has 0 radical (unpaired) electrons. The second-order valence-electron chi connectivity index (χ2n) is 9.24. The first-order chi connectivity index (χ1) is 16.0. The Morgan fingerprint density at radius 2 is 1.52 bits per heavy atom. The second-order valence-corrected chi connectivity index (χ2v) is 9.24. The van der Waals surface area contributed by atoms with Crippen LogP contribution in [-0.4, -0.2) is 30.8 Å². The average Bonchev–Trinajstić information content (AvgIpc) is 3.11. The summed E-state index contributed by atoms with van der Waals surface area (Å²) in [6, 6.07) is 13.1. The zero-order valence-electron chi connectivity index (χ0n) is 18.9. The number of nitrogens with zero attached hydrogens (tertiary/aromatic N) is 2. The van der Waals surface area contributed by atoms with Crippen LogP contribution in [0.4, 0.5) is 17.1 Å². The summed E-state index contributed by atoms with van der Waals surface area (Å²) in [7, 11) is 0. The minimum absolute atomic E-state index is 0.162. The number of piperidine rings is 1. The fraction of sp³-hybridized carbons (Fsp3) is 0.370. The van der Waals surface area contributed by atoms with E-state index in [1.165, 1.54) is 11.3 Å². The molecule has 0 bridgehead atoms. The van der Waals surface area contributed by atoms with Crippen molar-refractivity contribution in [2.45, 2.75) is 39.0 Å². The second kappa shape index (κ2) is 8.85. The summed E-state index contributed by atoms with van der Waals surface area (Å²) in [5, 5.41) is 2.99. The van der Waals surface area contributed by atoms with Gasteiger partial charge in [-0.3, -0.25) is 19.3 Å². The van der Waals surface area contributed by atoms with Crippen molar-refractivity contribution < 1.29 is 14.4 Å². The van der Waals surface area contributed by atoms with E-state index in [9.17, 15) is 14.4 Å². The Labute approximate surface area is 194 Å². The van der Waals surface area contributed by atoms with E-state index in [2.05, 4.69) is 10.2 Å². The monoisotopic (exact) mass is 443 g/mol. The van der Waals surface area contributed by atoms with Crippen LogP contribution < -0.4 is 15.1 Å². The number of amides is 3. The molecule has 6 nitrogen and oxygen atoms in total. The fourth-order valence-corrected chi connectivity index (χ4v) is 5.15. The highest BCUT2D eigenvalue weighted by atomic mass is 16.2. The largest absolute Gasteiger partial charge is 0.371 e. The lowest BCUT2D eigenvalue weighted by Crippen LogP contribution is -2.33. The van der Waals surface area contributed by atoms with Gasteiger partial charge in [-0.2, -0.15) is 0 Å². The topological polar surface area (TPSA) is 69.7 Å². The van der Waals surface area contributed by atoms with Gasteiger partial charge in [0.1, 0.15) is 0 Å². The number of carbonyl (C=O) groups excluding carboxylic acids is 3. The van der Waals surface area contributed by atoms with Crippen LogP contribution in [0.5, 0.6) is 0 Å². The van der Waals surface area contributed by atoms with Crippen LogP contribution in [0.3, 0.4) is 0 Å². The van der Waals surface area contributed by atoms with Crippen LogP contribution in [-0.2, 0) is 9.59 Å². The van der Waals surface area contributed by atoms with Crippen molar-refractivity contribution in [1.29, 1.82) is 0 Å². The Balaban J connectivity index is 1.50. The number of aryl methyl sites for hydroxylation is 1.